The van der Waals surface area contributed by atoms with Gasteiger partial charge in [-0.3, -0.25) is 4.79 Å². The summed E-state index contributed by atoms with van der Waals surface area (Å²) < 4.78 is 24.5. The number of carboxylic acids is 1. The summed E-state index contributed by atoms with van der Waals surface area (Å²) in [4.78, 5) is 15.4. The third-order valence-corrected chi connectivity index (χ3v) is 4.73. The monoisotopic (exact) mass is 313 g/mol. The van der Waals surface area contributed by atoms with Crippen LogP contribution >= 0.6 is 0 Å². The Balaban J connectivity index is 2.03. The van der Waals surface area contributed by atoms with Crippen LogP contribution in [0.25, 0.3) is 0 Å². The lowest BCUT2D eigenvalue weighted by atomic mass is 10.2. The first kappa shape index (κ1) is 15.9. The number of nitrogens with zero attached hydrogens (tertiary/aromatic N) is 2. The molecule has 0 radical (unpaired) electrons. The van der Waals surface area contributed by atoms with Gasteiger partial charge in [-0.1, -0.05) is 12.1 Å². The highest BCUT2D eigenvalue weighted by molar-refractivity contribution is 7.89. The third kappa shape index (κ3) is 4.50. The fourth-order valence-corrected chi connectivity index (χ4v) is 3.20. The molecule has 7 nitrogen and oxygen atoms in total. The molecule has 0 bridgehead atoms. The van der Waals surface area contributed by atoms with Gasteiger partial charge >= 0.3 is 5.97 Å². The molecule has 0 amide bonds. The van der Waals surface area contributed by atoms with Crippen LogP contribution in [0.2, 0.25) is 0 Å². The molecule has 1 aromatic rings. The molecule has 1 fully saturated rings. The predicted molar refractivity (Wildman–Crippen MR) is 77.2 cm³/mol. The summed E-state index contributed by atoms with van der Waals surface area (Å²) in [6, 6.07) is 5.90. The van der Waals surface area contributed by atoms with E-state index in [1.807, 2.05) is 7.05 Å². The minimum atomic E-state index is -3.61. The zero-order valence-electron chi connectivity index (χ0n) is 11.8. The molecule has 1 aromatic carbocycles. The summed E-state index contributed by atoms with van der Waals surface area (Å²) in [5.41, 5.74) is 0.570. The van der Waals surface area contributed by atoms with Crippen molar-refractivity contribution >= 4 is 16.0 Å². The van der Waals surface area contributed by atoms with Crippen LogP contribution in [0, 0.1) is 0 Å². The average Bonchev–Trinajstić information content (AvgIpc) is 2.41. The fraction of sp³-hybridized carbons (Fsp3) is 0.462. The minimum Gasteiger partial charge on any atom is -0.481 e. The molecule has 1 aliphatic rings. The Kier molecular flexibility index (Phi) is 4.94. The molecule has 116 valence electrons. The lowest BCUT2D eigenvalue weighted by Gasteiger charge is -2.32. The van der Waals surface area contributed by atoms with E-state index < -0.39 is 16.0 Å². The van der Waals surface area contributed by atoms with Crippen LogP contribution in [-0.4, -0.2) is 62.6 Å². The molecule has 0 unspecified atom stereocenters. The first-order valence-electron chi connectivity index (χ1n) is 6.63. The van der Waals surface area contributed by atoms with E-state index in [0.29, 0.717) is 18.7 Å². The number of hydrazine groups is 1. The second-order valence-electron chi connectivity index (χ2n) is 5.10. The van der Waals surface area contributed by atoms with Gasteiger partial charge in [-0.15, -0.1) is 4.83 Å². The van der Waals surface area contributed by atoms with Crippen molar-refractivity contribution in [3.05, 3.63) is 29.8 Å². The number of likely N-dealkylation sites (N-methyl/N-ethyl adjacent to an activating group) is 1. The fourth-order valence-electron chi connectivity index (χ4n) is 2.08. The molecule has 1 heterocycles. The van der Waals surface area contributed by atoms with Gasteiger partial charge in [0.15, 0.2) is 0 Å². The number of benzene rings is 1. The van der Waals surface area contributed by atoms with Gasteiger partial charge < -0.3 is 10.0 Å². The second-order valence-corrected chi connectivity index (χ2v) is 6.76. The second kappa shape index (κ2) is 6.52. The first-order valence-corrected chi connectivity index (χ1v) is 8.12. The van der Waals surface area contributed by atoms with E-state index >= 15 is 0 Å². The average molecular weight is 313 g/mol. The number of carbonyl (C=O) groups is 1. The molecule has 2 N–H and O–H groups in total. The molecule has 21 heavy (non-hydrogen) atoms. The number of rotatable bonds is 5. The number of hydrogen-bond acceptors (Lipinski definition) is 5. The molecule has 0 saturated carbocycles. The third-order valence-electron chi connectivity index (χ3n) is 3.34. The molecule has 1 saturated heterocycles. The summed E-state index contributed by atoms with van der Waals surface area (Å²) in [5.74, 6) is -0.943. The molecular formula is C13H19N3O4S. The van der Waals surface area contributed by atoms with Gasteiger partial charge in [0.2, 0.25) is 0 Å². The number of hydrogen-bond donors (Lipinski definition) is 2. The highest BCUT2D eigenvalue weighted by Crippen LogP contribution is 2.12. The van der Waals surface area contributed by atoms with E-state index in [1.54, 1.807) is 5.01 Å². The Morgan fingerprint density at radius 3 is 2.29 bits per heavy atom. The zero-order valence-corrected chi connectivity index (χ0v) is 12.6. The van der Waals surface area contributed by atoms with Crippen molar-refractivity contribution in [3.8, 4) is 0 Å². The molecule has 1 aliphatic heterocycles. The van der Waals surface area contributed by atoms with Crippen molar-refractivity contribution in [3.63, 3.8) is 0 Å². The molecule has 0 aliphatic carbocycles. The van der Waals surface area contributed by atoms with Crippen molar-refractivity contribution < 1.29 is 18.3 Å². The van der Waals surface area contributed by atoms with Gasteiger partial charge in [-0.05, 0) is 24.7 Å². The summed E-state index contributed by atoms with van der Waals surface area (Å²) >= 11 is 0. The molecule has 2 rings (SSSR count). The van der Waals surface area contributed by atoms with Crippen molar-refractivity contribution in [1.82, 2.24) is 14.7 Å². The Hall–Kier alpha value is -1.48. The normalized spacial score (nSPS) is 17.8. The largest absolute Gasteiger partial charge is 0.481 e. The van der Waals surface area contributed by atoms with Crippen molar-refractivity contribution in [2.45, 2.75) is 11.3 Å². The van der Waals surface area contributed by atoms with Gasteiger partial charge in [0.25, 0.3) is 10.0 Å². The summed E-state index contributed by atoms with van der Waals surface area (Å²) in [7, 11) is -1.62. The van der Waals surface area contributed by atoms with Crippen molar-refractivity contribution in [2.24, 2.45) is 0 Å². The number of sulfonamides is 1. The van der Waals surface area contributed by atoms with Gasteiger partial charge in [-0.2, -0.15) is 0 Å². The van der Waals surface area contributed by atoms with Gasteiger partial charge in [-0.25, -0.2) is 13.4 Å². The zero-order chi connectivity index (χ0) is 15.5. The van der Waals surface area contributed by atoms with Crippen LogP contribution in [0.5, 0.6) is 0 Å². The lowest BCUT2D eigenvalue weighted by Crippen LogP contribution is -2.52. The minimum absolute atomic E-state index is 0.119. The van der Waals surface area contributed by atoms with E-state index in [1.165, 1.54) is 24.3 Å². The van der Waals surface area contributed by atoms with Crippen molar-refractivity contribution in [1.29, 1.82) is 0 Å². The number of aliphatic carboxylic acids is 1. The van der Waals surface area contributed by atoms with Crippen LogP contribution in [0.4, 0.5) is 0 Å². The Bertz CT molecular complexity index is 592. The van der Waals surface area contributed by atoms with Gasteiger partial charge in [0, 0.05) is 26.2 Å². The molecular weight excluding hydrogens is 294 g/mol. The standard InChI is InChI=1S/C13H19N3O4S/c1-15-6-8-16(9-7-15)14-21(19,20)12-4-2-11(3-5-12)10-13(17)18/h2-5,14H,6-10H2,1H3,(H,17,18). The smallest absolute Gasteiger partial charge is 0.307 e. The van der Waals surface area contributed by atoms with Crippen LogP contribution < -0.4 is 4.83 Å². The maximum atomic E-state index is 12.2. The molecule has 0 atom stereocenters. The number of piperazine rings is 1. The molecule has 8 heteroatoms. The Labute approximate surface area is 124 Å². The predicted octanol–water partition coefficient (Wildman–Crippen LogP) is -0.246. The van der Waals surface area contributed by atoms with Crippen molar-refractivity contribution in [2.75, 3.05) is 33.2 Å². The Morgan fingerprint density at radius 2 is 1.76 bits per heavy atom. The molecule has 0 aromatic heterocycles. The SMILES string of the molecule is CN1CCN(NS(=O)(=O)c2ccc(CC(=O)O)cc2)CC1. The quantitative estimate of drug-likeness (QED) is 0.779. The van der Waals surface area contributed by atoms with E-state index in [-0.39, 0.29) is 11.3 Å². The molecule has 0 spiro atoms. The van der Waals surface area contributed by atoms with Crippen LogP contribution in [0.15, 0.2) is 29.2 Å². The Morgan fingerprint density at radius 1 is 1.19 bits per heavy atom. The lowest BCUT2D eigenvalue weighted by molar-refractivity contribution is -0.136. The van der Waals surface area contributed by atoms with E-state index in [2.05, 4.69) is 9.73 Å². The maximum absolute atomic E-state index is 12.2. The van der Waals surface area contributed by atoms with Gasteiger partial charge in [0.1, 0.15) is 0 Å². The van der Waals surface area contributed by atoms with Crippen LogP contribution in [0.1, 0.15) is 5.56 Å². The van der Waals surface area contributed by atoms with Crippen LogP contribution in [-0.2, 0) is 21.2 Å². The topological polar surface area (TPSA) is 90.0 Å². The summed E-state index contributed by atoms with van der Waals surface area (Å²) in [6.07, 6.45) is -0.119. The maximum Gasteiger partial charge on any atom is 0.307 e. The highest BCUT2D eigenvalue weighted by atomic mass is 32.2. The van der Waals surface area contributed by atoms with Gasteiger partial charge in [0.05, 0.1) is 11.3 Å². The summed E-state index contributed by atoms with van der Waals surface area (Å²) in [5, 5.41) is 10.4. The number of nitrogens with one attached hydrogen (secondary N) is 1. The van der Waals surface area contributed by atoms with Crippen LogP contribution in [0.3, 0.4) is 0 Å². The highest BCUT2D eigenvalue weighted by Gasteiger charge is 2.21. The number of carboxylic acid groups (broad SMARTS) is 1. The van der Waals surface area contributed by atoms with E-state index in [4.69, 9.17) is 5.11 Å². The first-order chi connectivity index (χ1) is 9.87. The summed E-state index contributed by atoms with van der Waals surface area (Å²) in [6.45, 7) is 2.87. The van der Waals surface area contributed by atoms with E-state index in [0.717, 1.165) is 13.1 Å². The van der Waals surface area contributed by atoms with E-state index in [9.17, 15) is 13.2 Å².